The minimum atomic E-state index is -0.529. The number of aliphatic hydroxyl groups is 2. The molecule has 0 bridgehead atoms. The number of β-amino-alcohol motifs (C(OH)–C–C–N with tert-alkyl or cyclic N) is 1. The van der Waals surface area contributed by atoms with Gasteiger partial charge in [-0.25, -0.2) is 0 Å². The molecule has 22 heavy (non-hydrogen) atoms. The van der Waals surface area contributed by atoms with Gasteiger partial charge in [-0.1, -0.05) is 6.42 Å². The van der Waals surface area contributed by atoms with Gasteiger partial charge in [0.2, 0.25) is 5.91 Å². The SMILES string of the molecule is O=C(C1CCC1)N1CCN(Cc2ccc(CO)o2)CC(O)C1. The summed E-state index contributed by atoms with van der Waals surface area (Å²) in [5.74, 6) is 1.70. The van der Waals surface area contributed by atoms with Crippen LogP contribution in [0.25, 0.3) is 0 Å². The zero-order valence-corrected chi connectivity index (χ0v) is 12.8. The average molecular weight is 308 g/mol. The maximum atomic E-state index is 12.3. The summed E-state index contributed by atoms with van der Waals surface area (Å²) in [6.07, 6.45) is 2.60. The van der Waals surface area contributed by atoms with E-state index in [2.05, 4.69) is 4.90 Å². The van der Waals surface area contributed by atoms with Gasteiger partial charge in [0.25, 0.3) is 0 Å². The molecule has 1 aromatic heterocycles. The smallest absolute Gasteiger partial charge is 0.225 e. The fourth-order valence-corrected chi connectivity index (χ4v) is 3.12. The van der Waals surface area contributed by atoms with Crippen LogP contribution in [-0.4, -0.2) is 58.2 Å². The van der Waals surface area contributed by atoms with E-state index in [1.54, 1.807) is 6.07 Å². The van der Waals surface area contributed by atoms with Gasteiger partial charge in [-0.15, -0.1) is 0 Å². The fraction of sp³-hybridized carbons (Fsp3) is 0.688. The largest absolute Gasteiger partial charge is 0.462 e. The molecule has 2 heterocycles. The molecular formula is C16H24N2O4. The highest BCUT2D eigenvalue weighted by Crippen LogP contribution is 2.28. The molecule has 1 unspecified atom stereocenters. The van der Waals surface area contributed by atoms with Gasteiger partial charge in [-0.2, -0.15) is 0 Å². The van der Waals surface area contributed by atoms with Gasteiger partial charge in [0.15, 0.2) is 0 Å². The molecule has 0 radical (unpaired) electrons. The van der Waals surface area contributed by atoms with Crippen LogP contribution in [0.1, 0.15) is 30.8 Å². The molecule has 0 spiro atoms. The predicted octanol–water partition coefficient (Wildman–Crippen LogP) is 0.577. The molecule has 1 aliphatic carbocycles. The van der Waals surface area contributed by atoms with E-state index in [9.17, 15) is 9.90 Å². The third kappa shape index (κ3) is 3.51. The first-order valence-corrected chi connectivity index (χ1v) is 8.03. The molecule has 6 heteroatoms. The van der Waals surface area contributed by atoms with Crippen LogP contribution in [0.4, 0.5) is 0 Å². The van der Waals surface area contributed by atoms with Crippen molar-refractivity contribution in [1.29, 1.82) is 0 Å². The van der Waals surface area contributed by atoms with Crippen LogP contribution in [0.2, 0.25) is 0 Å². The maximum Gasteiger partial charge on any atom is 0.225 e. The Labute approximate surface area is 130 Å². The van der Waals surface area contributed by atoms with E-state index < -0.39 is 6.10 Å². The summed E-state index contributed by atoms with van der Waals surface area (Å²) in [6.45, 7) is 2.81. The van der Waals surface area contributed by atoms with Gasteiger partial charge in [0.1, 0.15) is 18.1 Å². The molecule has 2 aliphatic rings. The van der Waals surface area contributed by atoms with Crippen LogP contribution in [0, 0.1) is 5.92 Å². The molecule has 1 saturated carbocycles. The number of aliphatic hydroxyl groups excluding tert-OH is 2. The Morgan fingerprint density at radius 3 is 2.64 bits per heavy atom. The summed E-state index contributed by atoms with van der Waals surface area (Å²) in [5, 5.41) is 19.2. The molecular weight excluding hydrogens is 284 g/mol. The van der Waals surface area contributed by atoms with E-state index in [0.29, 0.717) is 31.9 Å². The summed E-state index contributed by atoms with van der Waals surface area (Å²) < 4.78 is 5.50. The minimum absolute atomic E-state index is 0.105. The molecule has 1 aliphatic heterocycles. The number of hydrogen-bond donors (Lipinski definition) is 2. The monoisotopic (exact) mass is 308 g/mol. The van der Waals surface area contributed by atoms with E-state index in [-0.39, 0.29) is 18.4 Å². The molecule has 0 aromatic carbocycles. The molecule has 2 N–H and O–H groups in total. The van der Waals surface area contributed by atoms with Crippen molar-refractivity contribution in [1.82, 2.24) is 9.80 Å². The van der Waals surface area contributed by atoms with Gasteiger partial charge >= 0.3 is 0 Å². The number of amides is 1. The Morgan fingerprint density at radius 2 is 2.00 bits per heavy atom. The van der Waals surface area contributed by atoms with E-state index in [1.165, 1.54) is 0 Å². The zero-order chi connectivity index (χ0) is 15.5. The van der Waals surface area contributed by atoms with Gasteiger partial charge in [-0.3, -0.25) is 9.69 Å². The Bertz CT molecular complexity index is 512. The van der Waals surface area contributed by atoms with Gasteiger partial charge in [0, 0.05) is 32.1 Å². The number of rotatable bonds is 4. The molecule has 122 valence electrons. The van der Waals surface area contributed by atoms with E-state index >= 15 is 0 Å². The van der Waals surface area contributed by atoms with E-state index in [1.807, 2.05) is 11.0 Å². The van der Waals surface area contributed by atoms with E-state index in [4.69, 9.17) is 9.52 Å². The molecule has 3 rings (SSSR count). The maximum absolute atomic E-state index is 12.3. The third-order valence-corrected chi connectivity index (χ3v) is 4.60. The van der Waals surface area contributed by atoms with Crippen LogP contribution in [0.15, 0.2) is 16.5 Å². The van der Waals surface area contributed by atoms with Crippen molar-refractivity contribution in [3.8, 4) is 0 Å². The molecule has 2 fully saturated rings. The second-order valence-electron chi connectivity index (χ2n) is 6.33. The standard InChI is InChI=1S/C16H24N2O4/c19-11-15-5-4-14(22-15)10-17-6-7-18(9-13(20)8-17)16(21)12-2-1-3-12/h4-5,12-13,19-20H,1-3,6-11H2. The Balaban J connectivity index is 1.57. The molecule has 1 atom stereocenters. The molecule has 1 aromatic rings. The van der Waals surface area contributed by atoms with Crippen molar-refractivity contribution >= 4 is 5.91 Å². The lowest BCUT2D eigenvalue weighted by molar-refractivity contribution is -0.139. The number of furan rings is 1. The molecule has 1 amide bonds. The van der Waals surface area contributed by atoms with Crippen molar-refractivity contribution in [2.24, 2.45) is 5.92 Å². The van der Waals surface area contributed by atoms with Crippen molar-refractivity contribution < 1.29 is 19.4 Å². The van der Waals surface area contributed by atoms with Crippen LogP contribution < -0.4 is 0 Å². The second kappa shape index (κ2) is 6.81. The Kier molecular flexibility index (Phi) is 4.81. The topological polar surface area (TPSA) is 77.2 Å². The zero-order valence-electron chi connectivity index (χ0n) is 12.8. The van der Waals surface area contributed by atoms with Crippen molar-refractivity contribution in [2.75, 3.05) is 26.2 Å². The van der Waals surface area contributed by atoms with Crippen LogP contribution >= 0.6 is 0 Å². The molecule has 6 nitrogen and oxygen atoms in total. The Morgan fingerprint density at radius 1 is 1.23 bits per heavy atom. The lowest BCUT2D eigenvalue weighted by Gasteiger charge is -2.31. The predicted molar refractivity (Wildman–Crippen MR) is 79.8 cm³/mol. The Hall–Kier alpha value is -1.37. The number of carbonyl (C=O) groups excluding carboxylic acids is 1. The van der Waals surface area contributed by atoms with E-state index in [0.717, 1.165) is 31.6 Å². The average Bonchev–Trinajstić information content (AvgIpc) is 2.80. The highest BCUT2D eigenvalue weighted by molar-refractivity contribution is 5.79. The first-order chi connectivity index (χ1) is 10.7. The summed E-state index contributed by atoms with van der Waals surface area (Å²) in [4.78, 5) is 16.2. The lowest BCUT2D eigenvalue weighted by atomic mass is 9.84. The fourth-order valence-electron chi connectivity index (χ4n) is 3.12. The quantitative estimate of drug-likeness (QED) is 0.851. The highest BCUT2D eigenvalue weighted by atomic mass is 16.4. The third-order valence-electron chi connectivity index (χ3n) is 4.60. The van der Waals surface area contributed by atoms with Crippen molar-refractivity contribution in [3.05, 3.63) is 23.7 Å². The lowest BCUT2D eigenvalue weighted by Crippen LogP contribution is -2.43. The van der Waals surface area contributed by atoms with Crippen molar-refractivity contribution in [3.63, 3.8) is 0 Å². The first kappa shape index (κ1) is 15.5. The molecule has 1 saturated heterocycles. The van der Waals surface area contributed by atoms with Crippen LogP contribution in [-0.2, 0) is 17.9 Å². The van der Waals surface area contributed by atoms with Crippen LogP contribution in [0.3, 0.4) is 0 Å². The summed E-state index contributed by atoms with van der Waals surface area (Å²) in [7, 11) is 0. The van der Waals surface area contributed by atoms with Gasteiger partial charge < -0.3 is 19.5 Å². The van der Waals surface area contributed by atoms with Crippen molar-refractivity contribution in [2.45, 2.75) is 38.5 Å². The van der Waals surface area contributed by atoms with Gasteiger partial charge in [-0.05, 0) is 25.0 Å². The summed E-state index contributed by atoms with van der Waals surface area (Å²) in [5.41, 5.74) is 0. The van der Waals surface area contributed by atoms with Gasteiger partial charge in [0.05, 0.1) is 12.6 Å². The summed E-state index contributed by atoms with van der Waals surface area (Å²) >= 11 is 0. The summed E-state index contributed by atoms with van der Waals surface area (Å²) in [6, 6.07) is 3.61. The minimum Gasteiger partial charge on any atom is -0.462 e. The highest BCUT2D eigenvalue weighted by Gasteiger charge is 2.32. The number of hydrogen-bond acceptors (Lipinski definition) is 5. The first-order valence-electron chi connectivity index (χ1n) is 8.03. The van der Waals surface area contributed by atoms with Crippen LogP contribution in [0.5, 0.6) is 0 Å². The normalized spacial score (nSPS) is 24.1. The number of carbonyl (C=O) groups is 1. The second-order valence-corrected chi connectivity index (χ2v) is 6.33. The number of nitrogens with zero attached hydrogens (tertiary/aromatic N) is 2.